The first kappa shape index (κ1) is 7.90. The molecule has 4 heteroatoms. The van der Waals surface area contributed by atoms with Gasteiger partial charge < -0.3 is 10.2 Å². The summed E-state index contributed by atoms with van der Waals surface area (Å²) in [5.74, 6) is -0.405. The minimum atomic E-state index is -0.213. The molecule has 1 aromatic heterocycles. The summed E-state index contributed by atoms with van der Waals surface area (Å²) in [6.45, 7) is 0. The van der Waals surface area contributed by atoms with E-state index < -0.39 is 0 Å². The molecule has 2 rings (SSSR count). The molecule has 2 aromatic rings. The Morgan fingerprint density at radius 1 is 1.31 bits per heavy atom. The lowest BCUT2D eigenvalue weighted by Gasteiger charge is -1.97. The molecule has 0 fully saturated rings. The highest BCUT2D eigenvalue weighted by Crippen LogP contribution is 2.38. The average Bonchev–Trinajstić information content (AvgIpc) is 2.55. The molecule has 0 aliphatic carbocycles. The molecule has 0 saturated carbocycles. The summed E-state index contributed by atoms with van der Waals surface area (Å²) < 4.78 is 0.798. The van der Waals surface area contributed by atoms with E-state index in [1.54, 1.807) is 11.4 Å². The number of hydrogen-bond acceptors (Lipinski definition) is 4. The number of hydrogen-bond donors (Lipinski definition) is 2. The Labute approximate surface area is 78.1 Å². The van der Waals surface area contributed by atoms with Gasteiger partial charge >= 0.3 is 0 Å². The highest BCUT2D eigenvalue weighted by molar-refractivity contribution is 7.17. The van der Waals surface area contributed by atoms with Crippen LogP contribution in [0.5, 0.6) is 11.5 Å². The van der Waals surface area contributed by atoms with Crippen molar-refractivity contribution in [2.24, 2.45) is 0 Å². The van der Waals surface area contributed by atoms with Crippen molar-refractivity contribution in [3.63, 3.8) is 0 Å². The zero-order valence-corrected chi connectivity index (χ0v) is 7.30. The first-order valence-electron chi connectivity index (χ1n) is 3.56. The maximum atomic E-state index is 9.46. The fraction of sp³-hybridized carbons (Fsp3) is 0. The summed E-state index contributed by atoms with van der Waals surface area (Å²) in [4.78, 5) is 0. The van der Waals surface area contributed by atoms with Gasteiger partial charge in [0.05, 0.1) is 10.9 Å². The predicted molar refractivity (Wildman–Crippen MR) is 49.9 cm³/mol. The topological polar surface area (TPSA) is 64.2 Å². The van der Waals surface area contributed by atoms with Crippen molar-refractivity contribution in [3.8, 4) is 17.6 Å². The molecule has 0 saturated heterocycles. The van der Waals surface area contributed by atoms with Gasteiger partial charge in [-0.25, -0.2) is 0 Å². The van der Waals surface area contributed by atoms with Crippen LogP contribution in [0.2, 0.25) is 0 Å². The number of aromatic hydroxyl groups is 2. The van der Waals surface area contributed by atoms with E-state index in [1.165, 1.54) is 17.4 Å². The van der Waals surface area contributed by atoms with E-state index in [1.807, 2.05) is 6.07 Å². The Kier molecular flexibility index (Phi) is 1.61. The summed E-state index contributed by atoms with van der Waals surface area (Å²) >= 11 is 1.37. The maximum absolute atomic E-state index is 9.46. The molecular weight excluding hydrogens is 186 g/mol. The van der Waals surface area contributed by atoms with E-state index in [4.69, 9.17) is 5.26 Å². The van der Waals surface area contributed by atoms with E-state index in [2.05, 4.69) is 0 Å². The zero-order valence-electron chi connectivity index (χ0n) is 6.48. The molecule has 0 amide bonds. The second-order valence-electron chi connectivity index (χ2n) is 2.57. The van der Waals surface area contributed by atoms with Crippen LogP contribution in [0.1, 0.15) is 5.56 Å². The third-order valence-corrected chi connectivity index (χ3v) is 2.76. The van der Waals surface area contributed by atoms with Crippen molar-refractivity contribution in [2.45, 2.75) is 0 Å². The van der Waals surface area contributed by atoms with Crippen LogP contribution < -0.4 is 0 Å². The number of benzene rings is 1. The Balaban J connectivity index is 2.95. The van der Waals surface area contributed by atoms with Gasteiger partial charge in [-0.1, -0.05) is 0 Å². The van der Waals surface area contributed by atoms with Gasteiger partial charge in [0.15, 0.2) is 11.5 Å². The summed E-state index contributed by atoms with van der Waals surface area (Å²) in [5.41, 5.74) is 0.397. The molecule has 0 unspecified atom stereocenters. The Morgan fingerprint density at radius 3 is 2.77 bits per heavy atom. The van der Waals surface area contributed by atoms with Crippen LogP contribution in [0.4, 0.5) is 0 Å². The number of thiophene rings is 1. The Bertz CT molecular complexity index is 510. The molecule has 1 heterocycles. The fourth-order valence-electron chi connectivity index (χ4n) is 1.18. The molecular formula is C9H5NO2S. The third-order valence-electron chi connectivity index (χ3n) is 1.81. The lowest BCUT2D eigenvalue weighted by molar-refractivity contribution is 0.408. The summed E-state index contributed by atoms with van der Waals surface area (Å²) in [6, 6.07) is 5.05. The molecule has 13 heavy (non-hydrogen) atoms. The van der Waals surface area contributed by atoms with Gasteiger partial charge in [0, 0.05) is 10.1 Å². The lowest BCUT2D eigenvalue weighted by Crippen LogP contribution is -1.73. The van der Waals surface area contributed by atoms with Crippen LogP contribution in [0.25, 0.3) is 10.1 Å². The quantitative estimate of drug-likeness (QED) is 0.627. The van der Waals surface area contributed by atoms with Crippen LogP contribution in [0.15, 0.2) is 17.5 Å². The van der Waals surface area contributed by atoms with Crippen molar-refractivity contribution in [3.05, 3.63) is 23.1 Å². The molecule has 3 nitrogen and oxygen atoms in total. The normalized spacial score (nSPS) is 10.1. The molecule has 0 spiro atoms. The van der Waals surface area contributed by atoms with Crippen LogP contribution in [-0.4, -0.2) is 10.2 Å². The molecule has 2 N–H and O–H groups in total. The number of nitrogens with zero attached hydrogens (tertiary/aromatic N) is 1. The largest absolute Gasteiger partial charge is 0.504 e. The summed E-state index contributed by atoms with van der Waals surface area (Å²) in [5, 5.41) is 29.5. The van der Waals surface area contributed by atoms with Crippen LogP contribution in [0, 0.1) is 11.3 Å². The number of phenols is 2. The number of phenolic OH excluding ortho intramolecular Hbond substituents is 2. The first-order chi connectivity index (χ1) is 6.24. The Hall–Kier alpha value is -1.73. The fourth-order valence-corrected chi connectivity index (χ4v) is 2.07. The first-order valence-corrected chi connectivity index (χ1v) is 4.44. The molecule has 0 atom stereocenters. The molecule has 64 valence electrons. The van der Waals surface area contributed by atoms with E-state index >= 15 is 0 Å². The number of nitriles is 1. The third kappa shape index (κ3) is 1.02. The van der Waals surface area contributed by atoms with Crippen molar-refractivity contribution in [1.82, 2.24) is 0 Å². The van der Waals surface area contributed by atoms with E-state index in [9.17, 15) is 10.2 Å². The molecule has 0 aliphatic heterocycles. The van der Waals surface area contributed by atoms with E-state index in [-0.39, 0.29) is 11.5 Å². The minimum Gasteiger partial charge on any atom is -0.504 e. The van der Waals surface area contributed by atoms with Crippen LogP contribution in [-0.2, 0) is 0 Å². The van der Waals surface area contributed by atoms with Gasteiger partial charge in [-0.05, 0) is 12.1 Å². The van der Waals surface area contributed by atoms with Gasteiger partial charge in [0.25, 0.3) is 0 Å². The highest BCUT2D eigenvalue weighted by atomic mass is 32.1. The van der Waals surface area contributed by atoms with Crippen molar-refractivity contribution in [2.75, 3.05) is 0 Å². The minimum absolute atomic E-state index is 0.192. The van der Waals surface area contributed by atoms with Gasteiger partial charge in [0.1, 0.15) is 6.07 Å². The molecule has 0 bridgehead atoms. The second kappa shape index (κ2) is 2.64. The SMILES string of the molecule is N#Cc1csc2ccc(O)c(O)c12. The zero-order chi connectivity index (χ0) is 9.42. The number of fused-ring (bicyclic) bond motifs is 1. The monoisotopic (exact) mass is 191 g/mol. The molecule has 1 aromatic carbocycles. The van der Waals surface area contributed by atoms with Gasteiger partial charge in [-0.2, -0.15) is 5.26 Å². The Morgan fingerprint density at radius 2 is 2.08 bits per heavy atom. The van der Waals surface area contributed by atoms with Crippen molar-refractivity contribution >= 4 is 21.4 Å². The molecule has 0 radical (unpaired) electrons. The lowest BCUT2D eigenvalue weighted by atomic mass is 10.1. The standard InChI is InChI=1S/C9H5NO2S/c10-3-5-4-13-7-2-1-6(11)9(12)8(5)7/h1-2,4,11-12H. The van der Waals surface area contributed by atoms with Crippen LogP contribution >= 0.6 is 11.3 Å². The van der Waals surface area contributed by atoms with E-state index in [0.29, 0.717) is 10.9 Å². The van der Waals surface area contributed by atoms with Gasteiger partial charge in [-0.15, -0.1) is 11.3 Å². The summed E-state index contributed by atoms with van der Waals surface area (Å²) in [6.07, 6.45) is 0. The van der Waals surface area contributed by atoms with Crippen molar-refractivity contribution < 1.29 is 10.2 Å². The number of rotatable bonds is 0. The molecule has 0 aliphatic rings. The maximum Gasteiger partial charge on any atom is 0.167 e. The van der Waals surface area contributed by atoms with E-state index in [0.717, 1.165) is 4.70 Å². The summed E-state index contributed by atoms with van der Waals surface area (Å²) in [7, 11) is 0. The average molecular weight is 191 g/mol. The van der Waals surface area contributed by atoms with Gasteiger partial charge in [0.2, 0.25) is 0 Å². The van der Waals surface area contributed by atoms with Crippen molar-refractivity contribution in [1.29, 1.82) is 5.26 Å². The second-order valence-corrected chi connectivity index (χ2v) is 3.48. The highest BCUT2D eigenvalue weighted by Gasteiger charge is 2.11. The van der Waals surface area contributed by atoms with Crippen LogP contribution in [0.3, 0.4) is 0 Å². The smallest absolute Gasteiger partial charge is 0.167 e. The van der Waals surface area contributed by atoms with Gasteiger partial charge in [-0.3, -0.25) is 0 Å². The predicted octanol–water partition coefficient (Wildman–Crippen LogP) is 2.18.